The van der Waals surface area contributed by atoms with Gasteiger partial charge in [0, 0.05) is 0 Å². The quantitative estimate of drug-likeness (QED) is 0.788. The maximum atomic E-state index is 11.7. The molecule has 1 fully saturated rings. The minimum atomic E-state index is -0.794. The molecule has 6 nitrogen and oxygen atoms in total. The second-order valence-corrected chi connectivity index (χ2v) is 5.06. The molecule has 108 valence electrons. The summed E-state index contributed by atoms with van der Waals surface area (Å²) in [6.07, 6.45) is -1.47. The molecule has 0 amide bonds. The monoisotopic (exact) mass is 298 g/mol. The van der Waals surface area contributed by atoms with Crippen molar-refractivity contribution in [3.8, 4) is 0 Å². The van der Waals surface area contributed by atoms with Gasteiger partial charge >= 0.3 is 12.1 Å². The lowest BCUT2D eigenvalue weighted by molar-refractivity contribution is -0.111. The molecule has 0 aromatic heterocycles. The van der Waals surface area contributed by atoms with Crippen molar-refractivity contribution in [2.24, 2.45) is 0 Å². The maximum Gasteiger partial charge on any atom is 0.510 e. The zero-order valence-corrected chi connectivity index (χ0v) is 11.6. The van der Waals surface area contributed by atoms with E-state index >= 15 is 0 Å². The molecule has 0 radical (unpaired) electrons. The molecular formula is C13H14O6S. The Kier molecular flexibility index (Phi) is 5.25. The molecule has 1 aromatic rings. The van der Waals surface area contributed by atoms with Crippen LogP contribution in [0, 0.1) is 0 Å². The van der Waals surface area contributed by atoms with Crippen molar-refractivity contribution in [1.29, 1.82) is 0 Å². The van der Waals surface area contributed by atoms with E-state index in [-0.39, 0.29) is 12.0 Å². The smallest absolute Gasteiger partial charge is 0.458 e. The molecule has 7 heteroatoms. The number of hydrogen-bond donors (Lipinski definition) is 0. The van der Waals surface area contributed by atoms with Crippen LogP contribution in [0.15, 0.2) is 30.3 Å². The van der Waals surface area contributed by atoms with Gasteiger partial charge in [0.2, 0.25) is 6.29 Å². The average Bonchev–Trinajstić information content (AvgIpc) is 2.93. The summed E-state index contributed by atoms with van der Waals surface area (Å²) >= 11 is 1.41. The molecule has 1 saturated heterocycles. The van der Waals surface area contributed by atoms with Crippen molar-refractivity contribution in [2.75, 3.05) is 19.5 Å². The van der Waals surface area contributed by atoms with Crippen LogP contribution in [-0.2, 0) is 18.9 Å². The number of esters is 1. The number of thioether (sulfide) groups is 1. The normalized spacial score (nSPS) is 21.2. The minimum absolute atomic E-state index is 0.0967. The van der Waals surface area contributed by atoms with Gasteiger partial charge in [-0.3, -0.25) is 0 Å². The van der Waals surface area contributed by atoms with E-state index in [9.17, 15) is 9.59 Å². The van der Waals surface area contributed by atoms with Crippen LogP contribution in [0.1, 0.15) is 10.4 Å². The van der Waals surface area contributed by atoms with Gasteiger partial charge in [0.05, 0.1) is 18.4 Å². The Morgan fingerprint density at radius 2 is 2.10 bits per heavy atom. The number of rotatable bonds is 4. The lowest BCUT2D eigenvalue weighted by Gasteiger charge is -2.12. The van der Waals surface area contributed by atoms with Gasteiger partial charge < -0.3 is 18.9 Å². The Hall–Kier alpha value is -1.73. The van der Waals surface area contributed by atoms with Crippen LogP contribution in [0.3, 0.4) is 0 Å². The summed E-state index contributed by atoms with van der Waals surface area (Å²) in [5, 5.41) is 0. The largest absolute Gasteiger partial charge is 0.510 e. The number of hydrogen-bond acceptors (Lipinski definition) is 7. The topological polar surface area (TPSA) is 71.1 Å². The van der Waals surface area contributed by atoms with E-state index in [1.807, 2.05) is 6.07 Å². The molecule has 1 aliphatic heterocycles. The fourth-order valence-electron chi connectivity index (χ4n) is 1.54. The minimum Gasteiger partial charge on any atom is -0.458 e. The molecule has 1 heterocycles. The van der Waals surface area contributed by atoms with Crippen LogP contribution in [0.2, 0.25) is 0 Å². The SMILES string of the molecule is COC(=O)O[C@H]1CS[C@@H](COC(=O)c2ccccc2)O1. The maximum absolute atomic E-state index is 11.7. The van der Waals surface area contributed by atoms with Gasteiger partial charge in [-0.1, -0.05) is 18.2 Å². The van der Waals surface area contributed by atoms with E-state index in [0.717, 1.165) is 0 Å². The van der Waals surface area contributed by atoms with Gasteiger partial charge in [0.15, 0.2) is 0 Å². The van der Waals surface area contributed by atoms with Gasteiger partial charge in [-0.2, -0.15) is 0 Å². The summed E-state index contributed by atoms with van der Waals surface area (Å²) < 4.78 is 19.7. The first kappa shape index (κ1) is 14.7. The summed E-state index contributed by atoms with van der Waals surface area (Å²) in [5.41, 5.74) is 0.134. The summed E-state index contributed by atoms with van der Waals surface area (Å²) in [7, 11) is 1.23. The molecule has 0 N–H and O–H groups in total. The van der Waals surface area contributed by atoms with E-state index < -0.39 is 18.4 Å². The molecule has 20 heavy (non-hydrogen) atoms. The van der Waals surface area contributed by atoms with Crippen LogP contribution < -0.4 is 0 Å². The fraction of sp³-hybridized carbons (Fsp3) is 0.385. The fourth-order valence-corrected chi connectivity index (χ4v) is 2.42. The molecule has 0 spiro atoms. The second-order valence-electron chi connectivity index (χ2n) is 3.86. The van der Waals surface area contributed by atoms with Crippen molar-refractivity contribution < 1.29 is 28.5 Å². The summed E-state index contributed by atoms with van der Waals surface area (Å²) in [4.78, 5) is 22.6. The van der Waals surface area contributed by atoms with Crippen LogP contribution in [0.25, 0.3) is 0 Å². The summed E-state index contributed by atoms with van der Waals surface area (Å²) in [6.45, 7) is 0.0967. The van der Waals surface area contributed by atoms with Crippen LogP contribution in [0.4, 0.5) is 4.79 Å². The first-order valence-electron chi connectivity index (χ1n) is 5.93. The van der Waals surface area contributed by atoms with Crippen molar-refractivity contribution in [3.05, 3.63) is 35.9 Å². The van der Waals surface area contributed by atoms with Gasteiger partial charge in [0.25, 0.3) is 0 Å². The lowest BCUT2D eigenvalue weighted by Crippen LogP contribution is -2.23. The molecule has 1 aromatic carbocycles. The third-order valence-electron chi connectivity index (χ3n) is 2.48. The van der Waals surface area contributed by atoms with E-state index in [2.05, 4.69) is 4.74 Å². The molecular weight excluding hydrogens is 284 g/mol. The van der Waals surface area contributed by atoms with Crippen LogP contribution in [-0.4, -0.2) is 43.3 Å². The standard InChI is InChI=1S/C13H14O6S/c1-16-13(15)19-10-8-20-11(18-10)7-17-12(14)9-5-3-2-4-6-9/h2-6,10-11H,7-8H2,1H3/t10-,11-/m0/s1. The highest BCUT2D eigenvalue weighted by Gasteiger charge is 2.30. The Morgan fingerprint density at radius 3 is 2.80 bits per heavy atom. The van der Waals surface area contributed by atoms with Crippen molar-refractivity contribution in [3.63, 3.8) is 0 Å². The Balaban J connectivity index is 1.73. The van der Waals surface area contributed by atoms with Gasteiger partial charge in [-0.25, -0.2) is 9.59 Å². The predicted molar refractivity (Wildman–Crippen MR) is 71.3 cm³/mol. The number of ether oxygens (including phenoxy) is 4. The van der Waals surface area contributed by atoms with Gasteiger partial charge in [-0.15, -0.1) is 11.8 Å². The number of carbonyl (C=O) groups is 2. The van der Waals surface area contributed by atoms with E-state index in [0.29, 0.717) is 11.3 Å². The van der Waals surface area contributed by atoms with E-state index in [1.165, 1.54) is 18.9 Å². The number of benzene rings is 1. The number of methoxy groups -OCH3 is 1. The first-order valence-corrected chi connectivity index (χ1v) is 6.97. The van der Waals surface area contributed by atoms with Gasteiger partial charge in [0.1, 0.15) is 12.0 Å². The predicted octanol–water partition coefficient (Wildman–Crippen LogP) is 2.04. The first-order chi connectivity index (χ1) is 9.69. The third kappa shape index (κ3) is 4.14. The number of carbonyl (C=O) groups excluding carboxylic acids is 2. The highest BCUT2D eigenvalue weighted by atomic mass is 32.2. The van der Waals surface area contributed by atoms with Crippen molar-refractivity contribution >= 4 is 23.9 Å². The Bertz CT molecular complexity index is 463. The Morgan fingerprint density at radius 1 is 1.35 bits per heavy atom. The van der Waals surface area contributed by atoms with E-state index in [1.54, 1.807) is 24.3 Å². The molecule has 0 bridgehead atoms. The average molecular weight is 298 g/mol. The highest BCUT2D eigenvalue weighted by Crippen LogP contribution is 2.26. The zero-order chi connectivity index (χ0) is 14.4. The lowest BCUT2D eigenvalue weighted by atomic mass is 10.2. The van der Waals surface area contributed by atoms with Crippen LogP contribution >= 0.6 is 11.8 Å². The second kappa shape index (κ2) is 7.16. The van der Waals surface area contributed by atoms with Crippen LogP contribution in [0.5, 0.6) is 0 Å². The third-order valence-corrected chi connectivity index (χ3v) is 3.56. The summed E-state index contributed by atoms with van der Waals surface area (Å²) in [5.74, 6) is 0.0648. The molecule has 2 atom stereocenters. The molecule has 0 aliphatic carbocycles. The van der Waals surface area contributed by atoms with Crippen molar-refractivity contribution in [1.82, 2.24) is 0 Å². The van der Waals surface area contributed by atoms with Gasteiger partial charge in [-0.05, 0) is 12.1 Å². The zero-order valence-electron chi connectivity index (χ0n) is 10.8. The van der Waals surface area contributed by atoms with E-state index in [4.69, 9.17) is 14.2 Å². The van der Waals surface area contributed by atoms with Crippen molar-refractivity contribution in [2.45, 2.75) is 11.7 Å². The molecule has 0 unspecified atom stereocenters. The molecule has 0 saturated carbocycles. The Labute approximate surface area is 120 Å². The summed E-state index contributed by atoms with van der Waals surface area (Å²) in [6, 6.07) is 8.69. The molecule has 1 aliphatic rings. The molecule has 2 rings (SSSR count). The highest BCUT2D eigenvalue weighted by molar-refractivity contribution is 8.00.